The number of hydrogen-bond acceptors (Lipinski definition) is 4. The van der Waals surface area contributed by atoms with Crippen molar-refractivity contribution in [1.82, 2.24) is 15.5 Å². The molecule has 3 atom stereocenters. The van der Waals surface area contributed by atoms with Gasteiger partial charge in [-0.15, -0.1) is 0 Å². The van der Waals surface area contributed by atoms with Crippen molar-refractivity contribution in [2.24, 2.45) is 11.8 Å². The van der Waals surface area contributed by atoms with E-state index in [-0.39, 0.29) is 23.8 Å². The number of hydrogen-bond donors (Lipinski definition) is 2. The number of nitrogens with one attached hydrogen (secondary N) is 2. The van der Waals surface area contributed by atoms with Gasteiger partial charge in [-0.2, -0.15) is 0 Å². The molecule has 0 aromatic carbocycles. The second-order valence-corrected chi connectivity index (χ2v) is 7.84. The van der Waals surface area contributed by atoms with Gasteiger partial charge in [-0.05, 0) is 44.4 Å². The van der Waals surface area contributed by atoms with E-state index in [1.54, 1.807) is 7.11 Å². The van der Waals surface area contributed by atoms with Crippen LogP contribution in [0.15, 0.2) is 0 Å². The van der Waals surface area contributed by atoms with Crippen molar-refractivity contribution < 1.29 is 14.3 Å². The van der Waals surface area contributed by atoms with Crippen LogP contribution in [0.3, 0.4) is 0 Å². The summed E-state index contributed by atoms with van der Waals surface area (Å²) in [5.41, 5.74) is 0. The van der Waals surface area contributed by atoms with Crippen LogP contribution in [-0.4, -0.2) is 62.1 Å². The Kier molecular flexibility index (Phi) is 6.70. The van der Waals surface area contributed by atoms with Crippen LogP contribution in [0.1, 0.15) is 51.4 Å². The molecule has 2 aliphatic heterocycles. The smallest absolute Gasteiger partial charge is 0.239 e. The largest absolute Gasteiger partial charge is 0.385 e. The summed E-state index contributed by atoms with van der Waals surface area (Å²) in [7, 11) is 1.67. The Morgan fingerprint density at radius 1 is 1.16 bits per heavy atom. The highest BCUT2D eigenvalue weighted by atomic mass is 16.5. The van der Waals surface area contributed by atoms with Gasteiger partial charge in [-0.1, -0.05) is 12.8 Å². The topological polar surface area (TPSA) is 70.7 Å². The van der Waals surface area contributed by atoms with Gasteiger partial charge < -0.3 is 20.3 Å². The Labute approximate surface area is 151 Å². The highest BCUT2D eigenvalue weighted by molar-refractivity contribution is 5.83. The zero-order valence-electron chi connectivity index (χ0n) is 15.5. The van der Waals surface area contributed by atoms with E-state index in [1.165, 1.54) is 25.7 Å². The predicted molar refractivity (Wildman–Crippen MR) is 96.1 cm³/mol. The third kappa shape index (κ3) is 4.73. The number of methoxy groups -OCH3 is 1. The minimum atomic E-state index is 0.00696. The van der Waals surface area contributed by atoms with E-state index in [1.807, 2.05) is 4.90 Å². The molecule has 0 radical (unpaired) electrons. The molecule has 25 heavy (non-hydrogen) atoms. The summed E-state index contributed by atoms with van der Waals surface area (Å²) >= 11 is 0. The van der Waals surface area contributed by atoms with Gasteiger partial charge in [-0.25, -0.2) is 0 Å². The van der Waals surface area contributed by atoms with Crippen LogP contribution in [0.4, 0.5) is 0 Å². The van der Waals surface area contributed by atoms with Crippen molar-refractivity contribution >= 4 is 11.8 Å². The van der Waals surface area contributed by atoms with E-state index in [9.17, 15) is 9.59 Å². The molecule has 0 aromatic heterocycles. The van der Waals surface area contributed by atoms with Crippen LogP contribution in [0.5, 0.6) is 0 Å². The quantitative estimate of drug-likeness (QED) is 0.708. The summed E-state index contributed by atoms with van der Waals surface area (Å²) in [5.74, 6) is 1.13. The lowest BCUT2D eigenvalue weighted by Crippen LogP contribution is -2.49. The molecule has 6 nitrogen and oxygen atoms in total. The molecular formula is C19H33N3O3. The van der Waals surface area contributed by atoms with Crippen LogP contribution < -0.4 is 10.6 Å². The molecule has 1 aliphatic carbocycles. The number of carbonyl (C=O) groups excluding carboxylic acids is 2. The third-order valence-corrected chi connectivity index (χ3v) is 6.16. The SMILES string of the molecule is COCCCNC(=O)C1CCN(C(=O)C2CC3CCCCC3N2)CC1. The molecule has 2 saturated heterocycles. The van der Waals surface area contributed by atoms with Crippen molar-refractivity contribution in [3.63, 3.8) is 0 Å². The number of likely N-dealkylation sites (tertiary alicyclic amines) is 1. The first-order valence-corrected chi connectivity index (χ1v) is 10.0. The van der Waals surface area contributed by atoms with Crippen LogP contribution in [0.2, 0.25) is 0 Å². The number of fused-ring (bicyclic) bond motifs is 1. The molecular weight excluding hydrogens is 318 g/mol. The minimum Gasteiger partial charge on any atom is -0.385 e. The molecule has 2 N–H and O–H groups in total. The fourth-order valence-electron chi connectivity index (χ4n) is 4.67. The summed E-state index contributed by atoms with van der Waals surface area (Å²) in [6.45, 7) is 2.76. The first-order chi connectivity index (χ1) is 12.2. The zero-order chi connectivity index (χ0) is 17.6. The lowest BCUT2D eigenvalue weighted by atomic mass is 9.85. The van der Waals surface area contributed by atoms with Gasteiger partial charge in [0.05, 0.1) is 6.04 Å². The highest BCUT2D eigenvalue weighted by Gasteiger charge is 2.40. The monoisotopic (exact) mass is 351 g/mol. The van der Waals surface area contributed by atoms with E-state index in [0.717, 1.165) is 25.7 Å². The number of amides is 2. The number of carbonyl (C=O) groups is 2. The van der Waals surface area contributed by atoms with Crippen LogP contribution in [-0.2, 0) is 14.3 Å². The lowest BCUT2D eigenvalue weighted by Gasteiger charge is -2.33. The van der Waals surface area contributed by atoms with Crippen molar-refractivity contribution in [3.8, 4) is 0 Å². The summed E-state index contributed by atoms with van der Waals surface area (Å²) < 4.78 is 4.99. The maximum absolute atomic E-state index is 12.8. The zero-order valence-corrected chi connectivity index (χ0v) is 15.5. The standard InChI is InChI=1S/C19H33N3O3/c1-25-12-4-9-20-18(23)14-7-10-22(11-8-14)19(24)17-13-15-5-2-3-6-16(15)21-17/h14-17,21H,2-13H2,1H3,(H,20,23). The van der Waals surface area contributed by atoms with Crippen LogP contribution in [0.25, 0.3) is 0 Å². The van der Waals surface area contributed by atoms with Crippen molar-refractivity contribution in [3.05, 3.63) is 0 Å². The number of nitrogens with zero attached hydrogens (tertiary/aromatic N) is 1. The average Bonchev–Trinajstić information content (AvgIpc) is 3.09. The maximum atomic E-state index is 12.8. The molecule has 3 rings (SSSR count). The van der Waals surface area contributed by atoms with E-state index in [2.05, 4.69) is 10.6 Å². The van der Waals surface area contributed by atoms with Gasteiger partial charge in [0.25, 0.3) is 0 Å². The van der Waals surface area contributed by atoms with E-state index in [0.29, 0.717) is 38.2 Å². The van der Waals surface area contributed by atoms with E-state index < -0.39 is 0 Å². The van der Waals surface area contributed by atoms with Crippen LogP contribution >= 0.6 is 0 Å². The third-order valence-electron chi connectivity index (χ3n) is 6.16. The molecule has 0 bridgehead atoms. The first-order valence-electron chi connectivity index (χ1n) is 10.0. The summed E-state index contributed by atoms with van der Waals surface area (Å²) in [6.07, 6.45) is 8.50. The van der Waals surface area contributed by atoms with Crippen LogP contribution in [0, 0.1) is 11.8 Å². The van der Waals surface area contributed by atoms with Crippen molar-refractivity contribution in [2.75, 3.05) is 33.4 Å². The Bertz CT molecular complexity index is 449. The second kappa shape index (κ2) is 8.99. The van der Waals surface area contributed by atoms with Crippen molar-refractivity contribution in [1.29, 1.82) is 0 Å². The fraction of sp³-hybridized carbons (Fsp3) is 0.895. The van der Waals surface area contributed by atoms with Gasteiger partial charge in [0.15, 0.2) is 0 Å². The maximum Gasteiger partial charge on any atom is 0.239 e. The molecule has 2 heterocycles. The summed E-state index contributed by atoms with van der Waals surface area (Å²) in [4.78, 5) is 27.0. The molecule has 3 fully saturated rings. The highest BCUT2D eigenvalue weighted by Crippen LogP contribution is 2.34. The Hall–Kier alpha value is -1.14. The fourth-order valence-corrected chi connectivity index (χ4v) is 4.67. The lowest BCUT2D eigenvalue weighted by molar-refractivity contribution is -0.137. The van der Waals surface area contributed by atoms with Gasteiger partial charge in [0.2, 0.25) is 11.8 Å². The molecule has 3 unspecified atom stereocenters. The predicted octanol–water partition coefficient (Wildman–Crippen LogP) is 1.30. The number of ether oxygens (including phenoxy) is 1. The van der Waals surface area contributed by atoms with Gasteiger partial charge in [-0.3, -0.25) is 9.59 Å². The molecule has 2 amide bonds. The Morgan fingerprint density at radius 3 is 2.64 bits per heavy atom. The van der Waals surface area contributed by atoms with Gasteiger partial charge in [0, 0.05) is 45.3 Å². The number of piperidine rings is 1. The second-order valence-electron chi connectivity index (χ2n) is 7.84. The number of rotatable bonds is 6. The molecule has 0 spiro atoms. The summed E-state index contributed by atoms with van der Waals surface area (Å²) in [6, 6.07) is 0.561. The molecule has 1 saturated carbocycles. The van der Waals surface area contributed by atoms with Gasteiger partial charge in [0.1, 0.15) is 0 Å². The molecule has 0 aromatic rings. The normalized spacial score (nSPS) is 30.1. The summed E-state index contributed by atoms with van der Waals surface area (Å²) in [5, 5.41) is 6.57. The van der Waals surface area contributed by atoms with E-state index in [4.69, 9.17) is 4.74 Å². The Morgan fingerprint density at radius 2 is 1.92 bits per heavy atom. The average molecular weight is 351 g/mol. The van der Waals surface area contributed by atoms with Gasteiger partial charge >= 0.3 is 0 Å². The molecule has 3 aliphatic rings. The van der Waals surface area contributed by atoms with E-state index >= 15 is 0 Å². The molecule has 6 heteroatoms. The minimum absolute atomic E-state index is 0.00696. The van der Waals surface area contributed by atoms with Crippen molar-refractivity contribution in [2.45, 2.75) is 63.5 Å². The molecule has 142 valence electrons. The first kappa shape index (κ1) is 18.6. The Balaban J connectivity index is 1.40.